The lowest BCUT2D eigenvalue weighted by Gasteiger charge is -2.32. The lowest BCUT2D eigenvalue weighted by atomic mass is 10.0. The maximum absolute atomic E-state index is 12.2. The highest BCUT2D eigenvalue weighted by Crippen LogP contribution is 2.21. The molecule has 1 heterocycles. The van der Waals surface area contributed by atoms with Crippen LogP contribution in [0.2, 0.25) is 0 Å². The molecule has 1 aliphatic rings. The van der Waals surface area contributed by atoms with Gasteiger partial charge in [-0.15, -0.1) is 0 Å². The van der Waals surface area contributed by atoms with Gasteiger partial charge in [0.1, 0.15) is 11.5 Å². The standard InChI is InChI=1S/C18H20N2O3/c1-22-14-9-7-13(8-10-14)20-16-11-12-19-18(21)17(16)23-15-5-3-2-4-6-15/h2-10,16-17,20H,11-12H2,1H3,(H,19,21)/t16-,17+/m0/s1. The third-order valence-corrected chi connectivity index (χ3v) is 3.83. The summed E-state index contributed by atoms with van der Waals surface area (Å²) in [6.07, 6.45) is 0.239. The summed E-state index contributed by atoms with van der Waals surface area (Å²) in [5, 5.41) is 6.25. The van der Waals surface area contributed by atoms with Crippen molar-refractivity contribution in [3.8, 4) is 11.5 Å². The second kappa shape index (κ2) is 7.05. The monoisotopic (exact) mass is 312 g/mol. The molecule has 23 heavy (non-hydrogen) atoms. The smallest absolute Gasteiger partial charge is 0.263 e. The Hall–Kier alpha value is -2.69. The third-order valence-electron chi connectivity index (χ3n) is 3.83. The van der Waals surface area contributed by atoms with Gasteiger partial charge in [-0.2, -0.15) is 0 Å². The van der Waals surface area contributed by atoms with Crippen LogP contribution in [-0.2, 0) is 4.79 Å². The van der Waals surface area contributed by atoms with Crippen LogP contribution in [0.25, 0.3) is 0 Å². The predicted molar refractivity (Wildman–Crippen MR) is 88.9 cm³/mol. The maximum Gasteiger partial charge on any atom is 0.263 e. The zero-order valence-electron chi connectivity index (χ0n) is 13.0. The first-order chi connectivity index (χ1) is 11.3. The molecule has 0 aromatic heterocycles. The van der Waals surface area contributed by atoms with E-state index in [1.54, 1.807) is 7.11 Å². The zero-order valence-corrected chi connectivity index (χ0v) is 13.0. The average Bonchev–Trinajstić information content (AvgIpc) is 2.59. The van der Waals surface area contributed by atoms with Crippen LogP contribution in [0, 0.1) is 0 Å². The van der Waals surface area contributed by atoms with E-state index >= 15 is 0 Å². The van der Waals surface area contributed by atoms with Gasteiger partial charge in [-0.05, 0) is 42.8 Å². The number of hydrogen-bond acceptors (Lipinski definition) is 4. The minimum absolute atomic E-state index is 0.0858. The normalized spacial score (nSPS) is 20.5. The largest absolute Gasteiger partial charge is 0.497 e. The first-order valence-corrected chi connectivity index (χ1v) is 7.66. The van der Waals surface area contributed by atoms with E-state index in [2.05, 4.69) is 10.6 Å². The number of methoxy groups -OCH3 is 1. The van der Waals surface area contributed by atoms with Crippen molar-refractivity contribution < 1.29 is 14.3 Å². The highest BCUT2D eigenvalue weighted by Gasteiger charge is 2.33. The molecule has 0 spiro atoms. The summed E-state index contributed by atoms with van der Waals surface area (Å²) in [7, 11) is 1.64. The highest BCUT2D eigenvalue weighted by atomic mass is 16.5. The quantitative estimate of drug-likeness (QED) is 0.890. The molecule has 0 saturated carbocycles. The highest BCUT2D eigenvalue weighted by molar-refractivity contribution is 5.83. The van der Waals surface area contributed by atoms with E-state index in [0.717, 1.165) is 17.9 Å². The fourth-order valence-corrected chi connectivity index (χ4v) is 2.62. The second-order valence-corrected chi connectivity index (χ2v) is 5.41. The van der Waals surface area contributed by atoms with Gasteiger partial charge < -0.3 is 20.1 Å². The number of carbonyl (C=O) groups is 1. The van der Waals surface area contributed by atoms with Crippen molar-refractivity contribution in [1.82, 2.24) is 5.32 Å². The molecule has 2 atom stereocenters. The molecular formula is C18H20N2O3. The molecule has 0 radical (unpaired) electrons. The van der Waals surface area contributed by atoms with Crippen LogP contribution >= 0.6 is 0 Å². The van der Waals surface area contributed by atoms with Crippen LogP contribution in [-0.4, -0.2) is 31.7 Å². The second-order valence-electron chi connectivity index (χ2n) is 5.41. The zero-order chi connectivity index (χ0) is 16.1. The molecule has 1 amide bonds. The summed E-state index contributed by atoms with van der Waals surface area (Å²) in [6.45, 7) is 0.640. The molecular weight excluding hydrogens is 292 g/mol. The van der Waals surface area contributed by atoms with E-state index in [1.807, 2.05) is 54.6 Å². The van der Waals surface area contributed by atoms with E-state index in [-0.39, 0.29) is 11.9 Å². The van der Waals surface area contributed by atoms with Gasteiger partial charge in [-0.1, -0.05) is 18.2 Å². The van der Waals surface area contributed by atoms with Crippen molar-refractivity contribution in [3.05, 3.63) is 54.6 Å². The molecule has 5 heteroatoms. The molecule has 3 rings (SSSR count). The molecule has 1 aliphatic heterocycles. The number of ether oxygens (including phenoxy) is 2. The maximum atomic E-state index is 12.2. The molecule has 0 bridgehead atoms. The number of rotatable bonds is 5. The van der Waals surface area contributed by atoms with E-state index in [1.165, 1.54) is 0 Å². The van der Waals surface area contributed by atoms with Crippen molar-refractivity contribution in [2.75, 3.05) is 19.0 Å². The summed E-state index contributed by atoms with van der Waals surface area (Å²) >= 11 is 0. The molecule has 0 aliphatic carbocycles. The molecule has 2 N–H and O–H groups in total. The van der Waals surface area contributed by atoms with Gasteiger partial charge in [-0.25, -0.2) is 0 Å². The Balaban J connectivity index is 1.73. The number of carbonyl (C=O) groups excluding carboxylic acids is 1. The van der Waals surface area contributed by atoms with Crippen molar-refractivity contribution >= 4 is 11.6 Å². The number of nitrogens with one attached hydrogen (secondary N) is 2. The Bertz CT molecular complexity index is 643. The number of hydrogen-bond donors (Lipinski definition) is 2. The Morgan fingerprint density at radius 3 is 2.48 bits per heavy atom. The third kappa shape index (κ3) is 3.74. The van der Waals surface area contributed by atoms with Gasteiger partial charge in [0.25, 0.3) is 5.91 Å². The first kappa shape index (κ1) is 15.2. The summed E-state index contributed by atoms with van der Waals surface area (Å²) in [4.78, 5) is 12.2. The Morgan fingerprint density at radius 2 is 1.78 bits per heavy atom. The molecule has 1 saturated heterocycles. The van der Waals surface area contributed by atoms with Gasteiger partial charge in [-0.3, -0.25) is 4.79 Å². The molecule has 5 nitrogen and oxygen atoms in total. The fraction of sp³-hybridized carbons (Fsp3) is 0.278. The van der Waals surface area contributed by atoms with Crippen LogP contribution in [0.4, 0.5) is 5.69 Å². The molecule has 2 aromatic rings. The van der Waals surface area contributed by atoms with Gasteiger partial charge >= 0.3 is 0 Å². The van der Waals surface area contributed by atoms with Crippen LogP contribution in [0.15, 0.2) is 54.6 Å². The number of piperidine rings is 1. The SMILES string of the molecule is COc1ccc(N[C@H]2CCNC(=O)[C@@H]2Oc2ccccc2)cc1. The lowest BCUT2D eigenvalue weighted by Crippen LogP contribution is -2.54. The lowest BCUT2D eigenvalue weighted by molar-refractivity contribution is -0.130. The Kier molecular flexibility index (Phi) is 4.66. The van der Waals surface area contributed by atoms with Gasteiger partial charge in [0.05, 0.1) is 13.2 Å². The van der Waals surface area contributed by atoms with E-state index in [9.17, 15) is 4.79 Å². The van der Waals surface area contributed by atoms with Crippen LogP contribution in [0.1, 0.15) is 6.42 Å². The Morgan fingerprint density at radius 1 is 1.04 bits per heavy atom. The topological polar surface area (TPSA) is 59.6 Å². The Labute approximate surface area is 135 Å². The van der Waals surface area contributed by atoms with E-state index in [4.69, 9.17) is 9.47 Å². The number of para-hydroxylation sites is 1. The summed E-state index contributed by atoms with van der Waals surface area (Å²) in [5.74, 6) is 1.40. The van der Waals surface area contributed by atoms with Crippen molar-refractivity contribution in [3.63, 3.8) is 0 Å². The summed E-state index contributed by atoms with van der Waals surface area (Å²) in [5.41, 5.74) is 0.937. The molecule has 120 valence electrons. The minimum atomic E-state index is -0.562. The molecule has 1 fully saturated rings. The van der Waals surface area contributed by atoms with E-state index in [0.29, 0.717) is 12.3 Å². The molecule has 2 aromatic carbocycles. The summed E-state index contributed by atoms with van der Waals surface area (Å²) < 4.78 is 11.1. The average molecular weight is 312 g/mol. The van der Waals surface area contributed by atoms with Gasteiger partial charge in [0.2, 0.25) is 0 Å². The summed E-state index contributed by atoms with van der Waals surface area (Å²) in [6, 6.07) is 17.0. The fourth-order valence-electron chi connectivity index (χ4n) is 2.62. The van der Waals surface area contributed by atoms with E-state index < -0.39 is 6.10 Å². The predicted octanol–water partition coefficient (Wildman–Crippen LogP) is 2.44. The van der Waals surface area contributed by atoms with Crippen molar-refractivity contribution in [2.45, 2.75) is 18.6 Å². The van der Waals surface area contributed by atoms with Crippen molar-refractivity contribution in [1.29, 1.82) is 0 Å². The van der Waals surface area contributed by atoms with Crippen LogP contribution in [0.3, 0.4) is 0 Å². The van der Waals surface area contributed by atoms with Crippen molar-refractivity contribution in [2.24, 2.45) is 0 Å². The van der Waals surface area contributed by atoms with Crippen LogP contribution in [0.5, 0.6) is 11.5 Å². The number of anilines is 1. The molecule has 0 unspecified atom stereocenters. The number of benzene rings is 2. The number of amides is 1. The van der Waals surface area contributed by atoms with Gasteiger partial charge in [0.15, 0.2) is 6.10 Å². The van der Waals surface area contributed by atoms with Gasteiger partial charge in [0, 0.05) is 12.2 Å². The first-order valence-electron chi connectivity index (χ1n) is 7.66. The minimum Gasteiger partial charge on any atom is -0.497 e. The van der Waals surface area contributed by atoms with Crippen LogP contribution < -0.4 is 20.1 Å².